The van der Waals surface area contributed by atoms with Crippen LogP contribution in [0.1, 0.15) is 16.1 Å². The summed E-state index contributed by atoms with van der Waals surface area (Å²) in [5, 5.41) is 0. The van der Waals surface area contributed by atoms with Gasteiger partial charge in [-0.25, -0.2) is 0 Å². The van der Waals surface area contributed by atoms with Crippen molar-refractivity contribution in [3.63, 3.8) is 0 Å². The lowest BCUT2D eigenvalue weighted by Gasteiger charge is -2.29. The minimum Gasteiger partial charge on any atom is -0.357 e. The van der Waals surface area contributed by atoms with Crippen LogP contribution in [0.4, 0.5) is 0 Å². The van der Waals surface area contributed by atoms with E-state index in [4.69, 9.17) is 0 Å². The fourth-order valence-corrected chi connectivity index (χ4v) is 2.33. The summed E-state index contributed by atoms with van der Waals surface area (Å²) in [5.74, 6) is 0. The first-order valence-corrected chi connectivity index (χ1v) is 5.52. The van der Waals surface area contributed by atoms with Crippen molar-refractivity contribution in [3.8, 4) is 0 Å². The van der Waals surface area contributed by atoms with Crippen LogP contribution in [0.3, 0.4) is 0 Å². The van der Waals surface area contributed by atoms with E-state index in [0.717, 1.165) is 6.54 Å². The van der Waals surface area contributed by atoms with Crippen molar-refractivity contribution in [1.82, 2.24) is 4.90 Å². The lowest BCUT2D eigenvalue weighted by molar-refractivity contribution is 0.402. The van der Waals surface area contributed by atoms with E-state index in [9.17, 15) is 0 Å². The quantitative estimate of drug-likeness (QED) is 0.440. The van der Waals surface area contributed by atoms with Crippen molar-refractivity contribution in [3.05, 3.63) is 54.2 Å². The van der Waals surface area contributed by atoms with Gasteiger partial charge in [-0.1, -0.05) is 46.3 Å². The van der Waals surface area contributed by atoms with Crippen molar-refractivity contribution in [1.29, 1.82) is 0 Å². The predicted octanol–water partition coefficient (Wildman–Crippen LogP) is 3.55. The van der Waals surface area contributed by atoms with Gasteiger partial charge in [-0.15, -0.1) is 6.58 Å². The van der Waals surface area contributed by atoms with E-state index in [1.165, 1.54) is 11.1 Å². The molecule has 0 fully saturated rings. The zero-order valence-electron chi connectivity index (χ0n) is 7.86. The molecule has 1 nitrogen and oxygen atoms in total. The lowest BCUT2D eigenvalue weighted by atomic mass is 10.0. The third kappa shape index (κ3) is 1.62. The summed E-state index contributed by atoms with van der Waals surface area (Å²) in [6.45, 7) is 4.61. The van der Waals surface area contributed by atoms with Crippen molar-refractivity contribution in [2.75, 3.05) is 6.54 Å². The minimum absolute atomic E-state index is 0.265. The van der Waals surface area contributed by atoms with Crippen LogP contribution >= 0.6 is 15.9 Å². The Balaban J connectivity index is 2.34. The number of hydrogen-bond donors (Lipinski definition) is 0. The second-order valence-corrected chi connectivity index (χ2v) is 4.13. The molecule has 1 atom stereocenters. The fourth-order valence-electron chi connectivity index (χ4n) is 1.61. The first-order chi connectivity index (χ1) is 6.83. The summed E-state index contributed by atoms with van der Waals surface area (Å²) >= 11 is 3.68. The molecule has 2 rings (SSSR count). The summed E-state index contributed by atoms with van der Waals surface area (Å²) in [5.41, 5.74) is 2.60. The molecule has 2 heteroatoms. The molecule has 1 aliphatic rings. The standard InChI is InChI=1S/C12H12BrN/c1-2-8-14-9-7-10-5-3-4-6-11(10)12(14)13/h2-7,9,12H,1,8H2. The molecule has 1 unspecified atom stereocenters. The molecule has 0 N–H and O–H groups in total. The number of rotatable bonds is 2. The smallest absolute Gasteiger partial charge is 0.110 e. The molecule has 1 aromatic carbocycles. The highest BCUT2D eigenvalue weighted by Crippen LogP contribution is 2.34. The Kier molecular flexibility index (Phi) is 2.73. The molecule has 0 bridgehead atoms. The van der Waals surface area contributed by atoms with Gasteiger partial charge in [0.05, 0.1) is 0 Å². The second-order valence-electron chi connectivity index (χ2n) is 3.27. The third-order valence-corrected chi connectivity index (χ3v) is 3.35. The van der Waals surface area contributed by atoms with E-state index in [1.807, 2.05) is 6.08 Å². The van der Waals surface area contributed by atoms with Crippen LogP contribution in [-0.2, 0) is 0 Å². The van der Waals surface area contributed by atoms with Gasteiger partial charge in [-0.3, -0.25) is 0 Å². The molecular weight excluding hydrogens is 238 g/mol. The van der Waals surface area contributed by atoms with Crippen molar-refractivity contribution < 1.29 is 0 Å². The molecule has 1 aliphatic heterocycles. The third-order valence-electron chi connectivity index (χ3n) is 2.33. The Hall–Kier alpha value is -1.02. The highest BCUT2D eigenvalue weighted by Gasteiger charge is 2.18. The molecule has 0 aliphatic carbocycles. The van der Waals surface area contributed by atoms with E-state index in [1.54, 1.807) is 0 Å². The Labute approximate surface area is 92.9 Å². The van der Waals surface area contributed by atoms with E-state index < -0.39 is 0 Å². The molecule has 0 saturated carbocycles. The monoisotopic (exact) mass is 249 g/mol. The zero-order chi connectivity index (χ0) is 9.97. The number of fused-ring (bicyclic) bond motifs is 1. The molecule has 14 heavy (non-hydrogen) atoms. The summed E-state index contributed by atoms with van der Waals surface area (Å²) in [4.78, 5) is 2.47. The predicted molar refractivity (Wildman–Crippen MR) is 64.0 cm³/mol. The van der Waals surface area contributed by atoms with E-state index in [-0.39, 0.29) is 4.95 Å². The number of halogens is 1. The van der Waals surface area contributed by atoms with Gasteiger partial charge in [0.15, 0.2) is 0 Å². The Morgan fingerprint density at radius 2 is 2.21 bits per heavy atom. The maximum atomic E-state index is 3.75. The molecule has 72 valence electrons. The van der Waals surface area contributed by atoms with Crippen LogP contribution in [-0.4, -0.2) is 11.4 Å². The highest BCUT2D eigenvalue weighted by atomic mass is 79.9. The second kappa shape index (κ2) is 4.01. The van der Waals surface area contributed by atoms with E-state index in [0.29, 0.717) is 0 Å². The SMILES string of the molecule is C=CCN1C=Cc2ccccc2C1Br. The summed E-state index contributed by atoms with van der Waals surface area (Å²) < 4.78 is 0. The number of hydrogen-bond acceptors (Lipinski definition) is 1. The van der Waals surface area contributed by atoms with Crippen LogP contribution in [0.15, 0.2) is 43.1 Å². The normalized spacial score (nSPS) is 19.2. The number of alkyl halides is 1. The van der Waals surface area contributed by atoms with Crippen LogP contribution in [0.5, 0.6) is 0 Å². The fraction of sp³-hybridized carbons (Fsp3) is 0.167. The first kappa shape index (κ1) is 9.53. The molecule has 0 radical (unpaired) electrons. The molecule has 0 aromatic heterocycles. The van der Waals surface area contributed by atoms with Crippen LogP contribution in [0.25, 0.3) is 6.08 Å². The average molecular weight is 250 g/mol. The van der Waals surface area contributed by atoms with Gasteiger partial charge in [0.1, 0.15) is 4.95 Å². The highest BCUT2D eigenvalue weighted by molar-refractivity contribution is 9.09. The van der Waals surface area contributed by atoms with Gasteiger partial charge >= 0.3 is 0 Å². The molecule has 1 heterocycles. The van der Waals surface area contributed by atoms with E-state index >= 15 is 0 Å². The molecule has 0 saturated heterocycles. The van der Waals surface area contributed by atoms with Crippen molar-refractivity contribution in [2.24, 2.45) is 0 Å². The van der Waals surface area contributed by atoms with Gasteiger partial charge < -0.3 is 4.90 Å². The summed E-state index contributed by atoms with van der Waals surface area (Å²) in [6.07, 6.45) is 6.15. The first-order valence-electron chi connectivity index (χ1n) is 4.61. The van der Waals surface area contributed by atoms with Crippen LogP contribution in [0.2, 0.25) is 0 Å². The maximum absolute atomic E-state index is 3.75. The van der Waals surface area contributed by atoms with Gasteiger partial charge in [0.2, 0.25) is 0 Å². The van der Waals surface area contributed by atoms with Crippen LogP contribution < -0.4 is 0 Å². The zero-order valence-corrected chi connectivity index (χ0v) is 9.44. The molecular formula is C12H12BrN. The van der Waals surface area contributed by atoms with E-state index in [2.05, 4.69) is 64.0 Å². The maximum Gasteiger partial charge on any atom is 0.110 e. The molecule has 0 spiro atoms. The van der Waals surface area contributed by atoms with Gasteiger partial charge in [-0.2, -0.15) is 0 Å². The Bertz CT molecular complexity index is 370. The molecule has 0 amide bonds. The topological polar surface area (TPSA) is 3.24 Å². The Morgan fingerprint density at radius 1 is 1.43 bits per heavy atom. The van der Waals surface area contributed by atoms with Gasteiger partial charge in [-0.05, 0) is 17.2 Å². The lowest BCUT2D eigenvalue weighted by Crippen LogP contribution is -2.22. The summed E-state index contributed by atoms with van der Waals surface area (Å²) in [7, 11) is 0. The largest absolute Gasteiger partial charge is 0.357 e. The minimum atomic E-state index is 0.265. The van der Waals surface area contributed by atoms with Gasteiger partial charge in [0.25, 0.3) is 0 Å². The van der Waals surface area contributed by atoms with Gasteiger partial charge in [0, 0.05) is 12.7 Å². The number of nitrogens with zero attached hydrogens (tertiary/aromatic N) is 1. The molecule has 1 aromatic rings. The van der Waals surface area contributed by atoms with Crippen molar-refractivity contribution in [2.45, 2.75) is 4.95 Å². The summed E-state index contributed by atoms with van der Waals surface area (Å²) in [6, 6.07) is 8.41. The Morgan fingerprint density at radius 3 is 3.00 bits per heavy atom. The van der Waals surface area contributed by atoms with Crippen LogP contribution in [0, 0.1) is 0 Å². The average Bonchev–Trinajstić information content (AvgIpc) is 2.23. The number of benzene rings is 1. The van der Waals surface area contributed by atoms with Crippen molar-refractivity contribution >= 4 is 22.0 Å².